The van der Waals surface area contributed by atoms with Gasteiger partial charge in [0.05, 0.1) is 11.2 Å². The molecule has 1 aromatic heterocycles. The summed E-state index contributed by atoms with van der Waals surface area (Å²) in [6, 6.07) is 1.21. The van der Waals surface area contributed by atoms with Crippen LogP contribution >= 0.6 is 11.3 Å². The second-order valence-electron chi connectivity index (χ2n) is 6.30. The third-order valence-electron chi connectivity index (χ3n) is 3.90. The van der Waals surface area contributed by atoms with E-state index in [1.54, 1.807) is 11.3 Å². The summed E-state index contributed by atoms with van der Waals surface area (Å²) in [6.45, 7) is 12.4. The average molecular weight is 267 g/mol. The van der Waals surface area contributed by atoms with Gasteiger partial charge in [-0.2, -0.15) is 0 Å². The van der Waals surface area contributed by atoms with Crippen molar-refractivity contribution in [3.05, 3.63) is 16.6 Å². The molecular formula is C14H25N3S. The first-order valence-electron chi connectivity index (χ1n) is 6.85. The predicted octanol–water partition coefficient (Wildman–Crippen LogP) is 2.74. The van der Waals surface area contributed by atoms with E-state index >= 15 is 0 Å². The van der Waals surface area contributed by atoms with E-state index in [0.717, 1.165) is 19.6 Å². The van der Waals surface area contributed by atoms with Gasteiger partial charge in [-0.1, -0.05) is 27.7 Å². The van der Waals surface area contributed by atoms with Crippen molar-refractivity contribution < 1.29 is 0 Å². The lowest BCUT2D eigenvalue weighted by Crippen LogP contribution is -2.59. The van der Waals surface area contributed by atoms with Gasteiger partial charge in [-0.05, 0) is 11.8 Å². The fraction of sp³-hybridized carbons (Fsp3) is 0.786. The average Bonchev–Trinajstić information content (AvgIpc) is 2.80. The van der Waals surface area contributed by atoms with Gasteiger partial charge in [0.2, 0.25) is 0 Å². The Bertz CT molecular complexity index is 356. The molecule has 2 unspecified atom stereocenters. The van der Waals surface area contributed by atoms with Crippen LogP contribution < -0.4 is 5.32 Å². The number of hydrogen-bond donors (Lipinski definition) is 1. The van der Waals surface area contributed by atoms with Crippen LogP contribution in [-0.2, 0) is 6.54 Å². The van der Waals surface area contributed by atoms with Gasteiger partial charge in [-0.15, -0.1) is 11.3 Å². The smallest absolute Gasteiger partial charge is 0.0795 e. The van der Waals surface area contributed by atoms with E-state index < -0.39 is 0 Å². The van der Waals surface area contributed by atoms with Crippen molar-refractivity contribution in [2.75, 3.05) is 13.1 Å². The van der Waals surface area contributed by atoms with Crippen LogP contribution in [0.15, 0.2) is 10.9 Å². The Balaban J connectivity index is 2.04. The highest BCUT2D eigenvalue weighted by atomic mass is 32.1. The molecule has 0 aliphatic carbocycles. The highest BCUT2D eigenvalue weighted by Crippen LogP contribution is 2.25. The molecule has 1 fully saturated rings. The molecule has 0 saturated carbocycles. The largest absolute Gasteiger partial charge is 0.311 e. The monoisotopic (exact) mass is 267 g/mol. The summed E-state index contributed by atoms with van der Waals surface area (Å²) in [5.74, 6) is 0. The Kier molecular flexibility index (Phi) is 4.41. The first-order valence-corrected chi connectivity index (χ1v) is 7.79. The lowest BCUT2D eigenvalue weighted by Gasteiger charge is -2.44. The van der Waals surface area contributed by atoms with Crippen molar-refractivity contribution in [2.24, 2.45) is 5.41 Å². The fourth-order valence-corrected chi connectivity index (χ4v) is 3.11. The lowest BCUT2D eigenvalue weighted by atomic mass is 9.84. The van der Waals surface area contributed by atoms with E-state index in [1.165, 1.54) is 12.1 Å². The van der Waals surface area contributed by atoms with Crippen molar-refractivity contribution >= 4 is 11.3 Å². The van der Waals surface area contributed by atoms with Gasteiger partial charge in [0.1, 0.15) is 0 Å². The van der Waals surface area contributed by atoms with Gasteiger partial charge in [0.25, 0.3) is 0 Å². The summed E-state index contributed by atoms with van der Waals surface area (Å²) in [5, 5.41) is 5.88. The SMILES string of the molecule is CCC1CNC(C(C)(C)C)CN1Cc1cscn1. The summed E-state index contributed by atoms with van der Waals surface area (Å²) >= 11 is 1.69. The maximum Gasteiger partial charge on any atom is 0.0795 e. The molecule has 0 bridgehead atoms. The Hall–Kier alpha value is -0.450. The Morgan fingerprint density at radius 3 is 2.83 bits per heavy atom. The van der Waals surface area contributed by atoms with Crippen molar-refractivity contribution in [3.63, 3.8) is 0 Å². The maximum absolute atomic E-state index is 4.42. The number of hydrogen-bond acceptors (Lipinski definition) is 4. The van der Waals surface area contributed by atoms with Gasteiger partial charge in [-0.25, -0.2) is 4.98 Å². The van der Waals surface area contributed by atoms with Crippen molar-refractivity contribution in [1.82, 2.24) is 15.2 Å². The molecule has 0 aromatic carbocycles. The van der Waals surface area contributed by atoms with Gasteiger partial charge in [-0.3, -0.25) is 4.90 Å². The highest BCUT2D eigenvalue weighted by Gasteiger charge is 2.33. The minimum absolute atomic E-state index is 0.318. The molecule has 1 saturated heterocycles. The van der Waals surface area contributed by atoms with Crippen LogP contribution in [-0.4, -0.2) is 35.1 Å². The molecule has 0 amide bonds. The quantitative estimate of drug-likeness (QED) is 0.913. The van der Waals surface area contributed by atoms with E-state index in [1.807, 2.05) is 5.51 Å². The molecule has 1 aliphatic rings. The second-order valence-corrected chi connectivity index (χ2v) is 7.02. The third kappa shape index (κ3) is 3.31. The van der Waals surface area contributed by atoms with Crippen molar-refractivity contribution in [1.29, 1.82) is 0 Å². The number of rotatable bonds is 3. The predicted molar refractivity (Wildman–Crippen MR) is 77.8 cm³/mol. The van der Waals surface area contributed by atoms with Crippen molar-refractivity contribution in [3.8, 4) is 0 Å². The minimum atomic E-state index is 0.318. The molecule has 2 heterocycles. The molecule has 4 heteroatoms. The lowest BCUT2D eigenvalue weighted by molar-refractivity contribution is 0.0766. The third-order valence-corrected chi connectivity index (χ3v) is 4.53. The highest BCUT2D eigenvalue weighted by molar-refractivity contribution is 7.07. The topological polar surface area (TPSA) is 28.2 Å². The standard InChI is InChI=1S/C14H25N3S/c1-5-12-6-15-13(14(2,3)4)8-17(12)7-11-9-18-10-16-11/h9-10,12-13,15H,5-8H2,1-4H3. The molecule has 1 aromatic rings. The number of aromatic nitrogens is 1. The fourth-order valence-electron chi connectivity index (χ4n) is 2.56. The summed E-state index contributed by atoms with van der Waals surface area (Å²) < 4.78 is 0. The Labute approximate surface area is 115 Å². The van der Waals surface area contributed by atoms with Crippen LogP contribution in [0, 0.1) is 5.41 Å². The zero-order valence-corrected chi connectivity index (χ0v) is 12.8. The zero-order chi connectivity index (χ0) is 13.2. The van der Waals surface area contributed by atoms with E-state index in [4.69, 9.17) is 0 Å². The molecular weight excluding hydrogens is 242 g/mol. The molecule has 0 radical (unpaired) electrons. The van der Waals surface area contributed by atoms with Gasteiger partial charge >= 0.3 is 0 Å². The summed E-state index contributed by atoms with van der Waals surface area (Å²) in [5.41, 5.74) is 3.46. The van der Waals surface area contributed by atoms with E-state index in [0.29, 0.717) is 17.5 Å². The first kappa shape index (κ1) is 14.0. The van der Waals surface area contributed by atoms with Crippen LogP contribution in [0.3, 0.4) is 0 Å². The normalized spacial score (nSPS) is 26.4. The van der Waals surface area contributed by atoms with Gasteiger partial charge in [0.15, 0.2) is 0 Å². The van der Waals surface area contributed by atoms with E-state index in [-0.39, 0.29) is 0 Å². The molecule has 2 rings (SSSR count). The van der Waals surface area contributed by atoms with Crippen LogP contribution in [0.2, 0.25) is 0 Å². The van der Waals surface area contributed by atoms with Gasteiger partial charge < -0.3 is 5.32 Å². The second kappa shape index (κ2) is 5.68. The van der Waals surface area contributed by atoms with Crippen LogP contribution in [0.25, 0.3) is 0 Å². The Morgan fingerprint density at radius 2 is 2.28 bits per heavy atom. The number of nitrogens with zero attached hydrogens (tertiary/aromatic N) is 2. The molecule has 102 valence electrons. The number of nitrogens with one attached hydrogen (secondary N) is 1. The Morgan fingerprint density at radius 1 is 1.50 bits per heavy atom. The van der Waals surface area contributed by atoms with E-state index in [9.17, 15) is 0 Å². The number of piperazine rings is 1. The maximum atomic E-state index is 4.42. The van der Waals surface area contributed by atoms with Crippen molar-refractivity contribution in [2.45, 2.75) is 52.7 Å². The first-order chi connectivity index (χ1) is 8.50. The molecule has 18 heavy (non-hydrogen) atoms. The summed E-state index contributed by atoms with van der Waals surface area (Å²) in [7, 11) is 0. The summed E-state index contributed by atoms with van der Waals surface area (Å²) in [6.07, 6.45) is 1.20. The van der Waals surface area contributed by atoms with E-state index in [2.05, 4.69) is 48.3 Å². The van der Waals surface area contributed by atoms with Crippen LogP contribution in [0.1, 0.15) is 39.8 Å². The minimum Gasteiger partial charge on any atom is -0.311 e. The van der Waals surface area contributed by atoms with Gasteiger partial charge in [0, 0.05) is 37.1 Å². The van der Waals surface area contributed by atoms with Crippen LogP contribution in [0.4, 0.5) is 0 Å². The molecule has 1 N–H and O–H groups in total. The van der Waals surface area contributed by atoms with Crippen LogP contribution in [0.5, 0.6) is 0 Å². The summed E-state index contributed by atoms with van der Waals surface area (Å²) in [4.78, 5) is 7.02. The zero-order valence-electron chi connectivity index (χ0n) is 11.9. The molecule has 2 atom stereocenters. The molecule has 1 aliphatic heterocycles. The molecule has 0 spiro atoms. The number of thiazole rings is 1. The molecule has 3 nitrogen and oxygen atoms in total.